The molecule has 0 atom stereocenters. The number of hydrogen-bond donors (Lipinski definition) is 2. The Morgan fingerprint density at radius 3 is 2.05 bits per heavy atom. The van der Waals surface area contributed by atoms with Crippen LogP contribution in [0.2, 0.25) is 5.02 Å². The van der Waals surface area contributed by atoms with Crippen LogP contribution in [0, 0.1) is 0 Å². The van der Waals surface area contributed by atoms with Crippen molar-refractivity contribution in [3.63, 3.8) is 0 Å². The minimum absolute atomic E-state index is 0.119. The lowest BCUT2D eigenvalue weighted by Gasteiger charge is -2.19. The molecule has 0 aliphatic heterocycles. The Kier molecular flexibility index (Phi) is 3.57. The minimum atomic E-state index is -0.259. The molecule has 0 spiro atoms. The molecule has 3 rings (SSSR count). The molecule has 0 bridgehead atoms. The van der Waals surface area contributed by atoms with Crippen molar-refractivity contribution < 1.29 is 9.59 Å². The lowest BCUT2D eigenvalue weighted by atomic mass is 9.92. The molecule has 104 valence electrons. The molecule has 0 saturated heterocycles. The number of hydrogen-bond acceptors (Lipinski definition) is 4. The van der Waals surface area contributed by atoms with Gasteiger partial charge in [0.05, 0.1) is 4.91 Å². The summed E-state index contributed by atoms with van der Waals surface area (Å²) in [6, 6.07) is 13.6. The Labute approximate surface area is 132 Å². The zero-order valence-corrected chi connectivity index (χ0v) is 12.4. The highest BCUT2D eigenvalue weighted by Crippen LogP contribution is 2.29. The molecule has 3 nitrogen and oxygen atoms in total. The number of benzene rings is 2. The zero-order chi connectivity index (χ0) is 15.0. The maximum Gasteiger partial charge on any atom is 0.211 e. The second-order valence-electron chi connectivity index (χ2n) is 4.56. The van der Waals surface area contributed by atoms with E-state index in [4.69, 9.17) is 11.6 Å². The normalized spacial score (nSPS) is 14.2. The predicted octanol–water partition coefficient (Wildman–Crippen LogP) is 3.97. The van der Waals surface area contributed by atoms with Gasteiger partial charge in [-0.05, 0) is 24.3 Å². The van der Waals surface area contributed by atoms with E-state index in [0.717, 1.165) is 0 Å². The van der Waals surface area contributed by atoms with E-state index in [1.807, 2.05) is 0 Å². The zero-order valence-electron chi connectivity index (χ0n) is 10.8. The van der Waals surface area contributed by atoms with Crippen molar-refractivity contribution in [3.05, 3.63) is 75.3 Å². The van der Waals surface area contributed by atoms with E-state index >= 15 is 0 Å². The maximum absolute atomic E-state index is 12.5. The van der Waals surface area contributed by atoms with Crippen molar-refractivity contribution >= 4 is 41.5 Å². The first-order valence-electron chi connectivity index (χ1n) is 6.22. The van der Waals surface area contributed by atoms with Crippen molar-refractivity contribution in [3.8, 4) is 0 Å². The van der Waals surface area contributed by atoms with Gasteiger partial charge in [0.2, 0.25) is 11.6 Å². The van der Waals surface area contributed by atoms with Crippen LogP contribution in [-0.4, -0.2) is 11.6 Å². The molecule has 0 saturated carbocycles. The maximum atomic E-state index is 12.5. The fraction of sp³-hybridized carbons (Fsp3) is 0. The van der Waals surface area contributed by atoms with Gasteiger partial charge in [-0.1, -0.05) is 35.9 Å². The van der Waals surface area contributed by atoms with E-state index in [-0.39, 0.29) is 22.2 Å². The first-order chi connectivity index (χ1) is 10.1. The van der Waals surface area contributed by atoms with Crippen molar-refractivity contribution in [1.82, 2.24) is 0 Å². The number of halogens is 1. The second-order valence-corrected chi connectivity index (χ2v) is 5.44. The van der Waals surface area contributed by atoms with Gasteiger partial charge < -0.3 is 5.32 Å². The molecule has 0 amide bonds. The van der Waals surface area contributed by atoms with Crippen molar-refractivity contribution in [2.75, 3.05) is 5.32 Å². The number of fused-ring (bicyclic) bond motifs is 1. The largest absolute Gasteiger partial charge is 0.351 e. The lowest BCUT2D eigenvalue weighted by Crippen LogP contribution is -2.24. The summed E-state index contributed by atoms with van der Waals surface area (Å²) in [4.78, 5) is 24.9. The average Bonchev–Trinajstić information content (AvgIpc) is 2.51. The van der Waals surface area contributed by atoms with Crippen LogP contribution in [0.25, 0.3) is 0 Å². The smallest absolute Gasteiger partial charge is 0.211 e. The van der Waals surface area contributed by atoms with E-state index in [9.17, 15) is 9.59 Å². The third-order valence-corrected chi connectivity index (χ3v) is 3.89. The van der Waals surface area contributed by atoms with Gasteiger partial charge in [0, 0.05) is 21.8 Å². The third-order valence-electron chi connectivity index (χ3n) is 3.21. The monoisotopic (exact) mass is 315 g/mol. The van der Waals surface area contributed by atoms with Crippen LogP contribution in [0.15, 0.2) is 59.1 Å². The van der Waals surface area contributed by atoms with E-state index in [0.29, 0.717) is 21.8 Å². The van der Waals surface area contributed by atoms with Crippen molar-refractivity contribution in [2.24, 2.45) is 0 Å². The van der Waals surface area contributed by atoms with Crippen LogP contribution in [0.4, 0.5) is 5.69 Å². The fourth-order valence-electron chi connectivity index (χ4n) is 2.16. The lowest BCUT2D eigenvalue weighted by molar-refractivity contribution is 0.0982. The summed E-state index contributed by atoms with van der Waals surface area (Å²) < 4.78 is 0. The molecule has 5 heteroatoms. The molecule has 0 unspecified atom stereocenters. The number of allylic oxidation sites excluding steroid dienone is 2. The number of carbonyl (C=O) groups excluding carboxylic acids is 2. The molecule has 1 N–H and O–H groups in total. The molecule has 2 aromatic rings. The molecule has 0 radical (unpaired) electrons. The Balaban J connectivity index is 2.02. The van der Waals surface area contributed by atoms with Crippen LogP contribution in [0.5, 0.6) is 0 Å². The summed E-state index contributed by atoms with van der Waals surface area (Å²) in [5.41, 5.74) is 1.62. The number of rotatable bonds is 2. The molecule has 2 aromatic carbocycles. The Bertz CT molecular complexity index is 781. The van der Waals surface area contributed by atoms with Crippen molar-refractivity contribution in [2.45, 2.75) is 0 Å². The molecule has 1 aliphatic rings. The van der Waals surface area contributed by atoms with Gasteiger partial charge in [-0.15, -0.1) is 12.6 Å². The third kappa shape index (κ3) is 2.48. The Morgan fingerprint density at radius 1 is 0.857 bits per heavy atom. The molecule has 0 fully saturated rings. The number of nitrogens with one attached hydrogen (secondary N) is 1. The molecular formula is C16H10ClNO2S. The topological polar surface area (TPSA) is 46.2 Å². The van der Waals surface area contributed by atoms with Gasteiger partial charge in [0.25, 0.3) is 0 Å². The van der Waals surface area contributed by atoms with Gasteiger partial charge in [-0.25, -0.2) is 0 Å². The van der Waals surface area contributed by atoms with E-state index in [1.165, 1.54) is 0 Å². The summed E-state index contributed by atoms with van der Waals surface area (Å²) in [5, 5.41) is 3.55. The molecular weight excluding hydrogens is 306 g/mol. The standard InChI is InChI=1S/C16H10ClNO2S/c17-9-5-7-10(8-6-9)18-13-14(19)11-3-1-2-4-12(11)15(20)16(13)21/h1-8,18,21H. The van der Waals surface area contributed by atoms with Gasteiger partial charge in [-0.3, -0.25) is 9.59 Å². The van der Waals surface area contributed by atoms with Crippen LogP contribution < -0.4 is 5.32 Å². The van der Waals surface area contributed by atoms with Crippen LogP contribution in [-0.2, 0) is 0 Å². The summed E-state index contributed by atoms with van der Waals surface area (Å²) in [7, 11) is 0. The second kappa shape index (κ2) is 5.39. The Morgan fingerprint density at radius 2 is 1.43 bits per heavy atom. The van der Waals surface area contributed by atoms with Gasteiger partial charge in [0.15, 0.2) is 0 Å². The highest BCUT2D eigenvalue weighted by Gasteiger charge is 2.30. The van der Waals surface area contributed by atoms with E-state index in [1.54, 1.807) is 48.5 Å². The van der Waals surface area contributed by atoms with Gasteiger partial charge in [-0.2, -0.15) is 0 Å². The van der Waals surface area contributed by atoms with Crippen molar-refractivity contribution in [1.29, 1.82) is 0 Å². The number of ketones is 2. The van der Waals surface area contributed by atoms with Crippen LogP contribution in [0.3, 0.4) is 0 Å². The highest BCUT2D eigenvalue weighted by atomic mass is 35.5. The van der Waals surface area contributed by atoms with Crippen LogP contribution in [0.1, 0.15) is 20.7 Å². The first kappa shape index (κ1) is 13.9. The first-order valence-corrected chi connectivity index (χ1v) is 7.04. The number of thiol groups is 1. The fourth-order valence-corrected chi connectivity index (χ4v) is 2.56. The molecule has 1 aliphatic carbocycles. The summed E-state index contributed by atoms with van der Waals surface area (Å²) >= 11 is 10.0. The summed E-state index contributed by atoms with van der Waals surface area (Å²) in [6.45, 7) is 0. The summed E-state index contributed by atoms with van der Waals surface area (Å²) in [5.74, 6) is -0.504. The summed E-state index contributed by atoms with van der Waals surface area (Å²) in [6.07, 6.45) is 0. The molecule has 0 aromatic heterocycles. The van der Waals surface area contributed by atoms with E-state index < -0.39 is 0 Å². The SMILES string of the molecule is O=C1C(S)=C(Nc2ccc(Cl)cc2)C(=O)c2ccccc21. The molecule has 0 heterocycles. The number of carbonyl (C=O) groups is 2. The quantitative estimate of drug-likeness (QED) is 0.824. The minimum Gasteiger partial charge on any atom is -0.351 e. The number of anilines is 1. The van der Waals surface area contributed by atoms with Gasteiger partial charge >= 0.3 is 0 Å². The number of Topliss-reactive ketones (excluding diaryl/α,β-unsaturated/α-hetero) is 2. The Hall–Kier alpha value is -2.04. The molecule has 21 heavy (non-hydrogen) atoms. The predicted molar refractivity (Wildman–Crippen MR) is 86.2 cm³/mol. The highest BCUT2D eigenvalue weighted by molar-refractivity contribution is 7.85. The average molecular weight is 316 g/mol. The van der Waals surface area contributed by atoms with Crippen LogP contribution >= 0.6 is 24.2 Å². The van der Waals surface area contributed by atoms with E-state index in [2.05, 4.69) is 17.9 Å². The van der Waals surface area contributed by atoms with Gasteiger partial charge in [0.1, 0.15) is 5.70 Å².